The molecule has 0 spiro atoms. The van der Waals surface area contributed by atoms with Crippen LogP contribution in [0.25, 0.3) is 16.7 Å². The van der Waals surface area contributed by atoms with E-state index in [0.29, 0.717) is 20.5 Å². The van der Waals surface area contributed by atoms with Crippen LogP contribution in [0.4, 0.5) is 4.39 Å². The Morgan fingerprint density at radius 1 is 1.18 bits per heavy atom. The van der Waals surface area contributed by atoms with Gasteiger partial charge in [0.05, 0.1) is 22.7 Å². The molecule has 5 nitrogen and oxygen atoms in total. The van der Waals surface area contributed by atoms with Gasteiger partial charge in [-0.2, -0.15) is 5.26 Å². The van der Waals surface area contributed by atoms with Crippen LogP contribution in [-0.2, 0) is 0 Å². The van der Waals surface area contributed by atoms with Crippen molar-refractivity contribution in [1.82, 2.24) is 9.55 Å². The summed E-state index contributed by atoms with van der Waals surface area (Å²) in [6, 6.07) is 16.3. The number of nitrogens with zero attached hydrogens (tertiary/aromatic N) is 2. The van der Waals surface area contributed by atoms with Crippen molar-refractivity contribution in [2.24, 2.45) is 0 Å². The molecule has 3 aromatic carbocycles. The second kappa shape index (κ2) is 7.15. The number of imidazole rings is 1. The molecule has 0 unspecified atom stereocenters. The van der Waals surface area contributed by atoms with Gasteiger partial charge in [0.1, 0.15) is 11.4 Å². The van der Waals surface area contributed by atoms with E-state index in [1.54, 1.807) is 30.3 Å². The number of hydrogen-bond donors (Lipinski definition) is 1. The van der Waals surface area contributed by atoms with Crippen LogP contribution in [0, 0.1) is 17.1 Å². The number of nitrogens with one attached hydrogen (secondary N) is 1. The maximum atomic E-state index is 15.3. The fraction of sp³-hybridized carbons (Fsp3) is 0. The number of halogens is 3. The summed E-state index contributed by atoms with van der Waals surface area (Å²) >= 11 is 9.29. The van der Waals surface area contributed by atoms with Crippen molar-refractivity contribution in [3.05, 3.63) is 86.0 Å². The topological polar surface area (TPSA) is 70.8 Å². The van der Waals surface area contributed by atoms with Gasteiger partial charge < -0.3 is 9.72 Å². The Balaban J connectivity index is 1.88. The minimum absolute atomic E-state index is 0.0162. The lowest BCUT2D eigenvalue weighted by atomic mass is 10.2. The molecule has 0 fully saturated rings. The Bertz CT molecular complexity index is 1320. The summed E-state index contributed by atoms with van der Waals surface area (Å²) in [5.41, 5.74) is 0.931. The van der Waals surface area contributed by atoms with E-state index in [9.17, 15) is 4.79 Å². The highest BCUT2D eigenvalue weighted by Crippen LogP contribution is 2.35. The van der Waals surface area contributed by atoms with E-state index in [4.69, 9.17) is 21.6 Å². The molecule has 0 aliphatic rings. The summed E-state index contributed by atoms with van der Waals surface area (Å²) in [7, 11) is 0. The Morgan fingerprint density at radius 2 is 1.96 bits per heavy atom. The second-order valence-electron chi connectivity index (χ2n) is 5.88. The normalized spacial score (nSPS) is 10.8. The molecule has 0 bridgehead atoms. The quantitative estimate of drug-likeness (QED) is 0.438. The van der Waals surface area contributed by atoms with Gasteiger partial charge in [0.25, 0.3) is 0 Å². The molecule has 0 saturated carbocycles. The van der Waals surface area contributed by atoms with Crippen molar-refractivity contribution in [2.75, 3.05) is 0 Å². The standard InChI is InChI=1S/C20H10BrClFN3O2/c21-14-5-6-17(28-13-8-11(10-24)7-12(22)9-13)18(23)19(14)26-16-4-2-1-3-15(16)25-20(26)27/h1-9H,(H,25,27). The summed E-state index contributed by atoms with van der Waals surface area (Å²) in [5.74, 6) is -0.635. The predicted octanol–water partition coefficient (Wildman–Crippen LogP) is 5.54. The van der Waals surface area contributed by atoms with E-state index in [0.717, 1.165) is 0 Å². The van der Waals surface area contributed by atoms with Crippen LogP contribution < -0.4 is 10.4 Å². The van der Waals surface area contributed by atoms with Crippen LogP contribution in [0.2, 0.25) is 5.02 Å². The molecule has 1 N–H and O–H groups in total. The van der Waals surface area contributed by atoms with Gasteiger partial charge in [0.15, 0.2) is 11.6 Å². The van der Waals surface area contributed by atoms with Crippen molar-refractivity contribution in [2.45, 2.75) is 0 Å². The maximum absolute atomic E-state index is 15.3. The third kappa shape index (κ3) is 3.17. The summed E-state index contributed by atoms with van der Waals surface area (Å²) < 4.78 is 22.6. The SMILES string of the molecule is N#Cc1cc(Cl)cc(Oc2ccc(Br)c(-n3c(=O)[nH]c4ccccc43)c2F)c1. The number of rotatable bonds is 3. The minimum atomic E-state index is -0.736. The van der Waals surface area contributed by atoms with Gasteiger partial charge >= 0.3 is 5.69 Å². The highest BCUT2D eigenvalue weighted by atomic mass is 79.9. The van der Waals surface area contributed by atoms with Crippen LogP contribution in [0.1, 0.15) is 5.56 Å². The Labute approximate surface area is 171 Å². The monoisotopic (exact) mass is 457 g/mol. The lowest BCUT2D eigenvalue weighted by molar-refractivity contribution is 0.440. The maximum Gasteiger partial charge on any atom is 0.331 e. The summed E-state index contributed by atoms with van der Waals surface area (Å²) in [4.78, 5) is 15.2. The number of nitriles is 1. The predicted molar refractivity (Wildman–Crippen MR) is 108 cm³/mol. The van der Waals surface area contributed by atoms with Crippen LogP contribution in [-0.4, -0.2) is 9.55 Å². The van der Waals surface area contributed by atoms with E-state index in [1.807, 2.05) is 6.07 Å². The van der Waals surface area contributed by atoms with E-state index >= 15 is 4.39 Å². The number of aromatic nitrogens is 2. The van der Waals surface area contributed by atoms with Gasteiger partial charge in [0, 0.05) is 9.50 Å². The zero-order chi connectivity index (χ0) is 19.8. The molecule has 1 aromatic heterocycles. The van der Waals surface area contributed by atoms with Gasteiger partial charge in [0.2, 0.25) is 0 Å². The van der Waals surface area contributed by atoms with Crippen molar-refractivity contribution in [1.29, 1.82) is 5.26 Å². The number of aromatic amines is 1. The molecule has 0 radical (unpaired) electrons. The van der Waals surface area contributed by atoms with Crippen molar-refractivity contribution in [3.8, 4) is 23.3 Å². The molecule has 28 heavy (non-hydrogen) atoms. The molecule has 4 rings (SSSR count). The molecular formula is C20H10BrClFN3O2. The average Bonchev–Trinajstić information content (AvgIpc) is 3.00. The molecule has 0 aliphatic carbocycles. The van der Waals surface area contributed by atoms with Crippen molar-refractivity contribution >= 4 is 38.6 Å². The third-order valence-electron chi connectivity index (χ3n) is 4.07. The third-order valence-corrected chi connectivity index (χ3v) is 4.93. The minimum Gasteiger partial charge on any atom is -0.454 e. The lowest BCUT2D eigenvalue weighted by Gasteiger charge is -2.13. The van der Waals surface area contributed by atoms with E-state index in [2.05, 4.69) is 20.9 Å². The lowest BCUT2D eigenvalue weighted by Crippen LogP contribution is -2.16. The number of para-hydroxylation sites is 2. The van der Waals surface area contributed by atoms with E-state index in [1.165, 1.54) is 28.8 Å². The smallest absolute Gasteiger partial charge is 0.331 e. The summed E-state index contributed by atoms with van der Waals surface area (Å²) in [6.07, 6.45) is 0. The average molecular weight is 459 g/mol. The van der Waals surface area contributed by atoms with E-state index in [-0.39, 0.29) is 22.7 Å². The zero-order valence-corrected chi connectivity index (χ0v) is 16.4. The first-order chi connectivity index (χ1) is 13.5. The highest BCUT2D eigenvalue weighted by molar-refractivity contribution is 9.10. The number of benzene rings is 3. The van der Waals surface area contributed by atoms with Crippen LogP contribution in [0.3, 0.4) is 0 Å². The number of fused-ring (bicyclic) bond motifs is 1. The molecule has 0 aliphatic heterocycles. The molecular weight excluding hydrogens is 449 g/mol. The number of H-pyrrole nitrogens is 1. The molecule has 0 amide bonds. The fourth-order valence-electron chi connectivity index (χ4n) is 2.90. The Hall–Kier alpha value is -3.08. The molecule has 1 heterocycles. The summed E-state index contributed by atoms with van der Waals surface area (Å²) in [6.45, 7) is 0. The van der Waals surface area contributed by atoms with E-state index < -0.39 is 11.5 Å². The van der Waals surface area contributed by atoms with Gasteiger partial charge in [-0.15, -0.1) is 0 Å². The number of ether oxygens (including phenoxy) is 1. The first kappa shape index (κ1) is 18.3. The van der Waals surface area contributed by atoms with Crippen molar-refractivity contribution < 1.29 is 9.13 Å². The van der Waals surface area contributed by atoms with Crippen LogP contribution in [0.15, 0.2) is 63.9 Å². The zero-order valence-electron chi connectivity index (χ0n) is 14.0. The molecule has 4 aromatic rings. The molecule has 8 heteroatoms. The van der Waals surface area contributed by atoms with Gasteiger partial charge in [-0.25, -0.2) is 9.18 Å². The molecule has 0 atom stereocenters. The van der Waals surface area contributed by atoms with Crippen LogP contribution in [0.5, 0.6) is 11.5 Å². The fourth-order valence-corrected chi connectivity index (χ4v) is 3.60. The van der Waals surface area contributed by atoms with Crippen molar-refractivity contribution in [3.63, 3.8) is 0 Å². The largest absolute Gasteiger partial charge is 0.454 e. The molecule has 138 valence electrons. The second-order valence-corrected chi connectivity index (χ2v) is 7.17. The highest BCUT2D eigenvalue weighted by Gasteiger charge is 2.20. The molecule has 0 saturated heterocycles. The first-order valence-corrected chi connectivity index (χ1v) is 9.21. The first-order valence-electron chi connectivity index (χ1n) is 8.04. The van der Waals surface area contributed by atoms with Crippen LogP contribution >= 0.6 is 27.5 Å². The van der Waals surface area contributed by atoms with Gasteiger partial charge in [-0.3, -0.25) is 4.57 Å². The Kier molecular flexibility index (Phi) is 4.67. The van der Waals surface area contributed by atoms with Gasteiger partial charge in [-0.05, 0) is 58.4 Å². The number of hydrogen-bond acceptors (Lipinski definition) is 3. The Morgan fingerprint density at radius 3 is 2.75 bits per heavy atom. The van der Waals surface area contributed by atoms with Gasteiger partial charge in [-0.1, -0.05) is 23.7 Å². The summed E-state index contributed by atoms with van der Waals surface area (Å²) in [5, 5.41) is 9.35.